The molecule has 2 aliphatic carbocycles. The lowest BCUT2D eigenvalue weighted by molar-refractivity contribution is 0.170. The van der Waals surface area contributed by atoms with E-state index in [9.17, 15) is 5.11 Å². The molecule has 0 saturated heterocycles. The van der Waals surface area contributed by atoms with E-state index in [0.717, 1.165) is 31.6 Å². The van der Waals surface area contributed by atoms with E-state index in [1.165, 1.54) is 24.0 Å². The third kappa shape index (κ3) is 2.82. The van der Waals surface area contributed by atoms with Crippen molar-refractivity contribution >= 4 is 0 Å². The summed E-state index contributed by atoms with van der Waals surface area (Å²) in [4.78, 5) is 0. The Kier molecular flexibility index (Phi) is 3.98. The summed E-state index contributed by atoms with van der Waals surface area (Å²) in [5.74, 6) is 0.984. The van der Waals surface area contributed by atoms with Gasteiger partial charge in [0.15, 0.2) is 0 Å². The lowest BCUT2D eigenvalue weighted by atomic mass is 9.97. The molecule has 0 spiro atoms. The maximum atomic E-state index is 10.3. The van der Waals surface area contributed by atoms with Gasteiger partial charge in [0.05, 0.1) is 0 Å². The number of fused-ring (bicyclic) bond motifs is 1. The van der Waals surface area contributed by atoms with Gasteiger partial charge in [-0.1, -0.05) is 13.0 Å². The molecule has 0 bridgehead atoms. The SMILES string of the molecule is COCCC1(CNC2CC(C)c3c(C)ccc(O)c32)CC1. The summed E-state index contributed by atoms with van der Waals surface area (Å²) in [5.41, 5.74) is 4.25. The van der Waals surface area contributed by atoms with Gasteiger partial charge < -0.3 is 15.2 Å². The van der Waals surface area contributed by atoms with Crippen LogP contribution < -0.4 is 5.32 Å². The Morgan fingerprint density at radius 3 is 2.76 bits per heavy atom. The highest BCUT2D eigenvalue weighted by atomic mass is 16.5. The van der Waals surface area contributed by atoms with Gasteiger partial charge in [-0.05, 0) is 61.1 Å². The number of nitrogens with one attached hydrogen (secondary N) is 1. The second-order valence-corrected chi connectivity index (χ2v) is 7.04. The highest BCUT2D eigenvalue weighted by Gasteiger charge is 2.43. The molecule has 2 N–H and O–H groups in total. The predicted molar refractivity (Wildman–Crippen MR) is 84.8 cm³/mol. The number of benzene rings is 1. The van der Waals surface area contributed by atoms with Crippen molar-refractivity contribution in [2.24, 2.45) is 5.41 Å². The molecule has 3 heteroatoms. The summed E-state index contributed by atoms with van der Waals surface area (Å²) in [5, 5.41) is 14.0. The Bertz CT molecular complexity index is 522. The molecule has 2 atom stereocenters. The van der Waals surface area contributed by atoms with E-state index >= 15 is 0 Å². The molecule has 1 aromatic rings. The first-order chi connectivity index (χ1) is 10.1. The molecule has 0 aliphatic heterocycles. The third-order valence-corrected chi connectivity index (χ3v) is 5.43. The Labute approximate surface area is 127 Å². The van der Waals surface area contributed by atoms with Crippen LogP contribution in [0.15, 0.2) is 12.1 Å². The van der Waals surface area contributed by atoms with Crippen molar-refractivity contribution in [1.82, 2.24) is 5.32 Å². The van der Waals surface area contributed by atoms with Gasteiger partial charge in [0.1, 0.15) is 5.75 Å². The van der Waals surface area contributed by atoms with Crippen LogP contribution in [-0.2, 0) is 4.74 Å². The van der Waals surface area contributed by atoms with Crippen molar-refractivity contribution in [2.75, 3.05) is 20.3 Å². The fourth-order valence-electron chi connectivity index (χ4n) is 3.88. The van der Waals surface area contributed by atoms with Crippen LogP contribution in [0.1, 0.15) is 61.3 Å². The Morgan fingerprint density at radius 2 is 2.10 bits per heavy atom. The molecule has 0 amide bonds. The van der Waals surface area contributed by atoms with Crippen LogP contribution in [0.4, 0.5) is 0 Å². The standard InChI is InChI=1S/C18H27NO2/c1-12-4-5-15(20)17-14(10-13(2)16(12)17)19-11-18(6-7-18)8-9-21-3/h4-5,13-14,19-20H,6-11H2,1-3H3. The zero-order valence-corrected chi connectivity index (χ0v) is 13.4. The number of aryl methyl sites for hydroxylation is 1. The van der Waals surface area contributed by atoms with Crippen molar-refractivity contribution in [3.05, 3.63) is 28.8 Å². The van der Waals surface area contributed by atoms with E-state index in [1.807, 2.05) is 12.1 Å². The average molecular weight is 289 g/mol. The first-order valence-electron chi connectivity index (χ1n) is 8.11. The summed E-state index contributed by atoms with van der Waals surface area (Å²) >= 11 is 0. The van der Waals surface area contributed by atoms with Crippen molar-refractivity contribution in [3.8, 4) is 5.75 Å². The molecular formula is C18H27NO2. The first-order valence-corrected chi connectivity index (χ1v) is 8.11. The molecule has 116 valence electrons. The van der Waals surface area contributed by atoms with Gasteiger partial charge in [0.2, 0.25) is 0 Å². The third-order valence-electron chi connectivity index (χ3n) is 5.43. The molecule has 3 rings (SSSR count). The minimum absolute atomic E-state index is 0.301. The minimum atomic E-state index is 0.301. The van der Waals surface area contributed by atoms with Crippen molar-refractivity contribution in [2.45, 2.75) is 51.5 Å². The maximum absolute atomic E-state index is 10.3. The molecule has 0 radical (unpaired) electrons. The first kappa shape index (κ1) is 14.9. The number of phenolic OH excluding ortho intramolecular Hbond substituents is 1. The molecule has 1 saturated carbocycles. The van der Waals surface area contributed by atoms with E-state index in [0.29, 0.717) is 23.1 Å². The summed E-state index contributed by atoms with van der Waals surface area (Å²) < 4.78 is 5.23. The number of phenols is 1. The van der Waals surface area contributed by atoms with Crippen LogP contribution >= 0.6 is 0 Å². The normalized spacial score (nSPS) is 25.9. The van der Waals surface area contributed by atoms with Gasteiger partial charge in [-0.2, -0.15) is 0 Å². The highest BCUT2D eigenvalue weighted by molar-refractivity contribution is 5.50. The van der Waals surface area contributed by atoms with Crippen LogP contribution in [0.2, 0.25) is 0 Å². The van der Waals surface area contributed by atoms with E-state index in [4.69, 9.17) is 4.74 Å². The van der Waals surface area contributed by atoms with Crippen LogP contribution in [0.5, 0.6) is 5.75 Å². The minimum Gasteiger partial charge on any atom is -0.508 e. The summed E-state index contributed by atoms with van der Waals surface area (Å²) in [6, 6.07) is 4.18. The summed E-state index contributed by atoms with van der Waals surface area (Å²) in [6.45, 7) is 6.31. The molecule has 2 aliphatic rings. The number of aromatic hydroxyl groups is 1. The summed E-state index contributed by atoms with van der Waals surface area (Å²) in [6.07, 6.45) is 4.84. The number of hydrogen-bond donors (Lipinski definition) is 2. The molecule has 21 heavy (non-hydrogen) atoms. The second kappa shape index (κ2) is 5.62. The van der Waals surface area contributed by atoms with E-state index in [1.54, 1.807) is 7.11 Å². The van der Waals surface area contributed by atoms with Crippen molar-refractivity contribution < 1.29 is 9.84 Å². The largest absolute Gasteiger partial charge is 0.508 e. The van der Waals surface area contributed by atoms with E-state index in [-0.39, 0.29) is 0 Å². The van der Waals surface area contributed by atoms with Gasteiger partial charge in [-0.25, -0.2) is 0 Å². The van der Waals surface area contributed by atoms with Crippen LogP contribution in [0, 0.1) is 12.3 Å². The van der Waals surface area contributed by atoms with Crippen molar-refractivity contribution in [3.63, 3.8) is 0 Å². The molecule has 0 aromatic heterocycles. The van der Waals surface area contributed by atoms with Crippen LogP contribution in [0.25, 0.3) is 0 Å². The topological polar surface area (TPSA) is 41.5 Å². The Morgan fingerprint density at radius 1 is 1.33 bits per heavy atom. The van der Waals surface area contributed by atoms with Gasteiger partial charge >= 0.3 is 0 Å². The zero-order chi connectivity index (χ0) is 15.0. The number of ether oxygens (including phenoxy) is 1. The fraction of sp³-hybridized carbons (Fsp3) is 0.667. The maximum Gasteiger partial charge on any atom is 0.120 e. The zero-order valence-electron chi connectivity index (χ0n) is 13.4. The fourth-order valence-corrected chi connectivity index (χ4v) is 3.88. The van der Waals surface area contributed by atoms with Gasteiger partial charge in [-0.15, -0.1) is 0 Å². The second-order valence-electron chi connectivity index (χ2n) is 7.04. The predicted octanol–water partition coefficient (Wildman–Crippen LogP) is 3.66. The lowest BCUT2D eigenvalue weighted by Gasteiger charge is -2.21. The van der Waals surface area contributed by atoms with Crippen LogP contribution in [-0.4, -0.2) is 25.4 Å². The van der Waals surface area contributed by atoms with E-state index < -0.39 is 0 Å². The van der Waals surface area contributed by atoms with Gasteiger partial charge in [-0.3, -0.25) is 0 Å². The monoisotopic (exact) mass is 289 g/mol. The molecule has 3 nitrogen and oxygen atoms in total. The Balaban J connectivity index is 1.71. The quantitative estimate of drug-likeness (QED) is 0.840. The molecule has 0 heterocycles. The van der Waals surface area contributed by atoms with E-state index in [2.05, 4.69) is 19.2 Å². The average Bonchev–Trinajstić information content (AvgIpc) is 3.16. The lowest BCUT2D eigenvalue weighted by Crippen LogP contribution is -2.28. The van der Waals surface area contributed by atoms with Gasteiger partial charge in [0, 0.05) is 31.9 Å². The molecule has 2 unspecified atom stereocenters. The molecular weight excluding hydrogens is 262 g/mol. The molecule has 1 fully saturated rings. The smallest absolute Gasteiger partial charge is 0.120 e. The summed E-state index contributed by atoms with van der Waals surface area (Å²) in [7, 11) is 1.78. The number of methoxy groups -OCH3 is 1. The number of rotatable bonds is 6. The van der Waals surface area contributed by atoms with Crippen molar-refractivity contribution in [1.29, 1.82) is 0 Å². The highest BCUT2D eigenvalue weighted by Crippen LogP contribution is 2.50. The number of hydrogen-bond acceptors (Lipinski definition) is 3. The van der Waals surface area contributed by atoms with Gasteiger partial charge in [0.25, 0.3) is 0 Å². The Hall–Kier alpha value is -1.06. The van der Waals surface area contributed by atoms with Crippen LogP contribution in [0.3, 0.4) is 0 Å². The molecule has 1 aromatic carbocycles.